The Labute approximate surface area is 116 Å². The molecule has 19 heavy (non-hydrogen) atoms. The molecule has 0 aliphatic heterocycles. The Bertz CT molecular complexity index is 276. The van der Waals surface area contributed by atoms with Gasteiger partial charge in [-0.3, -0.25) is 0 Å². The van der Waals surface area contributed by atoms with Crippen molar-refractivity contribution in [1.82, 2.24) is 0 Å². The molecule has 0 aromatic rings. The van der Waals surface area contributed by atoms with E-state index in [0.29, 0.717) is 11.7 Å². The molecule has 1 atom stereocenters. The summed E-state index contributed by atoms with van der Waals surface area (Å²) in [5, 5.41) is 35.1. The molecule has 0 bridgehead atoms. The van der Waals surface area contributed by atoms with Crippen LogP contribution in [0.2, 0.25) is 0 Å². The molecule has 1 aliphatic carbocycles. The normalized spacial score (nSPS) is 20.1. The summed E-state index contributed by atoms with van der Waals surface area (Å²) >= 11 is 0. The van der Waals surface area contributed by atoms with Gasteiger partial charge in [0, 0.05) is 6.42 Å². The molecule has 0 aromatic heterocycles. The van der Waals surface area contributed by atoms with Gasteiger partial charge in [0.15, 0.2) is 0 Å². The molecule has 0 amide bonds. The second-order valence-corrected chi connectivity index (χ2v) is 6.11. The SMILES string of the molecule is CC(C)(O)C(C)(C)O.CC1CC=C(OB(O)O)CC1. The van der Waals surface area contributed by atoms with E-state index in [0.717, 1.165) is 19.3 Å². The largest absolute Gasteiger partial charge is 0.707 e. The molecule has 4 N–H and O–H groups in total. The van der Waals surface area contributed by atoms with Crippen molar-refractivity contribution in [2.45, 2.75) is 65.1 Å². The summed E-state index contributed by atoms with van der Waals surface area (Å²) in [6.45, 7) is 8.47. The third kappa shape index (κ3) is 8.26. The molecule has 6 heteroatoms. The summed E-state index contributed by atoms with van der Waals surface area (Å²) in [6, 6.07) is 0. The van der Waals surface area contributed by atoms with Gasteiger partial charge in [-0.1, -0.05) is 6.92 Å². The first-order valence-corrected chi connectivity index (χ1v) is 6.60. The number of hydrogen-bond acceptors (Lipinski definition) is 5. The summed E-state index contributed by atoms with van der Waals surface area (Å²) in [5.41, 5.74) is -2.01. The van der Waals surface area contributed by atoms with E-state index >= 15 is 0 Å². The Hall–Kier alpha value is -0.555. The highest BCUT2D eigenvalue weighted by Gasteiger charge is 2.31. The van der Waals surface area contributed by atoms with Crippen LogP contribution in [0.15, 0.2) is 11.8 Å². The van der Waals surface area contributed by atoms with Crippen LogP contribution in [0, 0.1) is 5.92 Å². The molecular formula is C13H27BO5. The lowest BCUT2D eigenvalue weighted by Gasteiger charge is -2.31. The van der Waals surface area contributed by atoms with Gasteiger partial charge in [0.1, 0.15) is 0 Å². The minimum Gasteiger partial charge on any atom is -0.516 e. The predicted molar refractivity (Wildman–Crippen MR) is 75.0 cm³/mol. The molecule has 1 aliphatic rings. The van der Waals surface area contributed by atoms with E-state index in [1.807, 2.05) is 6.08 Å². The van der Waals surface area contributed by atoms with Gasteiger partial charge in [-0.2, -0.15) is 0 Å². The number of aliphatic hydroxyl groups is 2. The molecule has 0 saturated carbocycles. The minimum atomic E-state index is -1.66. The lowest BCUT2D eigenvalue weighted by Crippen LogP contribution is -2.44. The summed E-state index contributed by atoms with van der Waals surface area (Å²) in [7, 11) is -1.66. The van der Waals surface area contributed by atoms with Crippen molar-refractivity contribution in [2.24, 2.45) is 5.92 Å². The zero-order valence-corrected chi connectivity index (χ0v) is 12.6. The van der Waals surface area contributed by atoms with Gasteiger partial charge >= 0.3 is 7.32 Å². The second kappa shape index (κ2) is 7.29. The van der Waals surface area contributed by atoms with E-state index in [-0.39, 0.29) is 0 Å². The van der Waals surface area contributed by atoms with E-state index in [4.69, 9.17) is 24.9 Å². The number of allylic oxidation sites excluding steroid dienone is 2. The van der Waals surface area contributed by atoms with Crippen molar-refractivity contribution in [3.63, 3.8) is 0 Å². The van der Waals surface area contributed by atoms with Crippen LogP contribution in [0.1, 0.15) is 53.9 Å². The topological polar surface area (TPSA) is 90.2 Å². The molecule has 0 fully saturated rings. The van der Waals surface area contributed by atoms with Crippen LogP contribution in [0.4, 0.5) is 0 Å². The lowest BCUT2D eigenvalue weighted by atomic mass is 9.90. The molecule has 0 radical (unpaired) electrons. The summed E-state index contributed by atoms with van der Waals surface area (Å²) in [5.74, 6) is 1.40. The fraction of sp³-hybridized carbons (Fsp3) is 0.846. The fourth-order valence-corrected chi connectivity index (χ4v) is 1.18. The zero-order valence-electron chi connectivity index (χ0n) is 12.6. The van der Waals surface area contributed by atoms with Crippen LogP contribution in [-0.4, -0.2) is 38.8 Å². The fourth-order valence-electron chi connectivity index (χ4n) is 1.18. The third-order valence-corrected chi connectivity index (χ3v) is 3.39. The van der Waals surface area contributed by atoms with Crippen molar-refractivity contribution >= 4 is 7.32 Å². The van der Waals surface area contributed by atoms with Gasteiger partial charge < -0.3 is 24.9 Å². The van der Waals surface area contributed by atoms with Gasteiger partial charge in [0.25, 0.3) is 0 Å². The quantitative estimate of drug-likeness (QED) is 0.581. The van der Waals surface area contributed by atoms with Crippen LogP contribution >= 0.6 is 0 Å². The highest BCUT2D eigenvalue weighted by atomic mass is 16.6. The summed E-state index contributed by atoms with van der Waals surface area (Å²) in [6.07, 6.45) is 4.78. The van der Waals surface area contributed by atoms with Gasteiger partial charge in [0.2, 0.25) is 0 Å². The van der Waals surface area contributed by atoms with Gasteiger partial charge in [-0.05, 0) is 52.5 Å². The molecular weight excluding hydrogens is 247 g/mol. The van der Waals surface area contributed by atoms with E-state index in [9.17, 15) is 0 Å². The highest BCUT2D eigenvalue weighted by molar-refractivity contribution is 6.33. The van der Waals surface area contributed by atoms with E-state index in [1.54, 1.807) is 27.7 Å². The molecule has 1 unspecified atom stereocenters. The number of hydrogen-bond donors (Lipinski definition) is 4. The molecule has 0 spiro atoms. The van der Waals surface area contributed by atoms with Gasteiger partial charge in [-0.15, -0.1) is 0 Å². The lowest BCUT2D eigenvalue weighted by molar-refractivity contribution is -0.107. The predicted octanol–water partition coefficient (Wildman–Crippen LogP) is 1.20. The second-order valence-electron chi connectivity index (χ2n) is 6.11. The van der Waals surface area contributed by atoms with Crippen LogP contribution in [0.3, 0.4) is 0 Å². The van der Waals surface area contributed by atoms with E-state index in [2.05, 4.69) is 6.92 Å². The van der Waals surface area contributed by atoms with Crippen LogP contribution in [0.25, 0.3) is 0 Å². The van der Waals surface area contributed by atoms with Crippen molar-refractivity contribution in [3.8, 4) is 0 Å². The first-order valence-electron chi connectivity index (χ1n) is 6.60. The van der Waals surface area contributed by atoms with Crippen molar-refractivity contribution in [1.29, 1.82) is 0 Å². The maximum Gasteiger partial charge on any atom is 0.707 e. The van der Waals surface area contributed by atoms with Crippen molar-refractivity contribution < 1.29 is 24.9 Å². The molecule has 0 heterocycles. The van der Waals surface area contributed by atoms with Gasteiger partial charge in [0.05, 0.1) is 17.0 Å². The van der Waals surface area contributed by atoms with Crippen molar-refractivity contribution in [3.05, 3.63) is 11.8 Å². The highest BCUT2D eigenvalue weighted by Crippen LogP contribution is 2.23. The van der Waals surface area contributed by atoms with Crippen LogP contribution in [-0.2, 0) is 4.65 Å². The first kappa shape index (κ1) is 18.4. The Morgan fingerprint density at radius 3 is 1.89 bits per heavy atom. The van der Waals surface area contributed by atoms with E-state index < -0.39 is 18.5 Å². The molecule has 0 saturated heterocycles. The van der Waals surface area contributed by atoms with Crippen LogP contribution in [0.5, 0.6) is 0 Å². The zero-order chi connectivity index (χ0) is 15.3. The monoisotopic (exact) mass is 274 g/mol. The summed E-state index contributed by atoms with van der Waals surface area (Å²) < 4.78 is 4.71. The standard InChI is InChI=1S/C7H13BO3.C6H14O2/c1-6-2-4-7(5-3-6)11-8(9)10;1-5(2,7)6(3,4)8/h4,6,9-10H,2-3,5H2,1H3;7-8H,1-4H3. The molecule has 1 rings (SSSR count). The third-order valence-electron chi connectivity index (χ3n) is 3.39. The van der Waals surface area contributed by atoms with Gasteiger partial charge in [-0.25, -0.2) is 0 Å². The Kier molecular flexibility index (Phi) is 7.07. The Morgan fingerprint density at radius 1 is 1.16 bits per heavy atom. The molecule has 5 nitrogen and oxygen atoms in total. The Morgan fingerprint density at radius 2 is 1.63 bits per heavy atom. The Balaban J connectivity index is 0.000000362. The molecule has 112 valence electrons. The first-order chi connectivity index (χ1) is 8.43. The molecule has 0 aromatic carbocycles. The average molecular weight is 274 g/mol. The van der Waals surface area contributed by atoms with Crippen molar-refractivity contribution in [2.75, 3.05) is 0 Å². The smallest absolute Gasteiger partial charge is 0.516 e. The average Bonchev–Trinajstić information content (AvgIpc) is 2.18. The van der Waals surface area contributed by atoms with Crippen LogP contribution < -0.4 is 0 Å². The maximum atomic E-state index is 9.10. The summed E-state index contributed by atoms with van der Waals surface area (Å²) in [4.78, 5) is 0. The van der Waals surface area contributed by atoms with E-state index in [1.165, 1.54) is 0 Å². The maximum absolute atomic E-state index is 9.10. The minimum absolute atomic E-state index is 0.693. The number of rotatable bonds is 3.